The molecule has 1 unspecified atom stereocenters. The first-order valence-corrected chi connectivity index (χ1v) is 6.25. The van der Waals surface area contributed by atoms with Crippen molar-refractivity contribution in [1.29, 1.82) is 0 Å². The van der Waals surface area contributed by atoms with E-state index in [0.29, 0.717) is 11.3 Å². The van der Waals surface area contributed by atoms with Gasteiger partial charge in [0.2, 0.25) is 5.78 Å². The number of ketones is 1. The van der Waals surface area contributed by atoms with E-state index in [1.165, 1.54) is 0 Å². The lowest BCUT2D eigenvalue weighted by atomic mass is 10.1. The number of Topliss-reactive ketones (excluding diaryl/α,β-unsaturated/α-hetero) is 1. The van der Waals surface area contributed by atoms with Crippen LogP contribution >= 0.6 is 0 Å². The Balaban J connectivity index is 2.19. The largest absolute Gasteiger partial charge is 0.478 e. The maximum absolute atomic E-state index is 12.4. The molecule has 2 aromatic rings. The van der Waals surface area contributed by atoms with Crippen molar-refractivity contribution in [2.75, 3.05) is 0 Å². The Morgan fingerprint density at radius 1 is 1.00 bits per heavy atom. The van der Waals surface area contributed by atoms with Gasteiger partial charge in [-0.05, 0) is 25.1 Å². The molecule has 0 spiro atoms. The lowest BCUT2D eigenvalue weighted by molar-refractivity contribution is 0.0851. The summed E-state index contributed by atoms with van der Waals surface area (Å²) in [4.78, 5) is 12.4. The summed E-state index contributed by atoms with van der Waals surface area (Å²) in [6, 6.07) is 18.6. The molecule has 0 aliphatic rings. The highest BCUT2D eigenvalue weighted by atomic mass is 16.5. The Hall–Kier alpha value is -2.35. The highest BCUT2D eigenvalue weighted by Gasteiger charge is 2.18. The predicted octanol–water partition coefficient (Wildman–Crippen LogP) is 3.89. The molecule has 0 radical (unpaired) electrons. The highest BCUT2D eigenvalue weighted by molar-refractivity contribution is 6.00. The van der Waals surface area contributed by atoms with Crippen molar-refractivity contribution < 1.29 is 9.53 Å². The van der Waals surface area contributed by atoms with E-state index in [4.69, 9.17) is 4.74 Å². The number of rotatable bonds is 5. The van der Waals surface area contributed by atoms with Gasteiger partial charge in [0.25, 0.3) is 0 Å². The van der Waals surface area contributed by atoms with Gasteiger partial charge < -0.3 is 4.74 Å². The third-order valence-electron chi connectivity index (χ3n) is 2.69. The zero-order valence-electron chi connectivity index (χ0n) is 10.8. The summed E-state index contributed by atoms with van der Waals surface area (Å²) >= 11 is 0. The zero-order valence-corrected chi connectivity index (χ0v) is 10.8. The number of carbonyl (C=O) groups excluding carboxylic acids is 1. The fourth-order valence-corrected chi connectivity index (χ4v) is 1.77. The van der Waals surface area contributed by atoms with Crippen LogP contribution in [0.25, 0.3) is 0 Å². The Morgan fingerprint density at radius 2 is 1.58 bits per heavy atom. The van der Waals surface area contributed by atoms with Gasteiger partial charge in [0.1, 0.15) is 5.75 Å². The van der Waals surface area contributed by atoms with Gasteiger partial charge in [0.15, 0.2) is 6.10 Å². The second-order valence-electron chi connectivity index (χ2n) is 4.11. The third kappa shape index (κ3) is 3.55. The van der Waals surface area contributed by atoms with E-state index in [1.807, 2.05) is 61.5 Å². The van der Waals surface area contributed by atoms with Gasteiger partial charge in [-0.1, -0.05) is 54.6 Å². The molecule has 0 fully saturated rings. The van der Waals surface area contributed by atoms with E-state index in [1.54, 1.807) is 18.2 Å². The van der Waals surface area contributed by atoms with E-state index in [0.717, 1.165) is 0 Å². The quantitative estimate of drug-likeness (QED) is 0.596. The van der Waals surface area contributed by atoms with Crippen molar-refractivity contribution in [2.45, 2.75) is 13.0 Å². The first kappa shape index (κ1) is 13.1. The summed E-state index contributed by atoms with van der Waals surface area (Å²) < 4.78 is 5.73. The normalized spacial score (nSPS) is 12.3. The zero-order chi connectivity index (χ0) is 13.5. The molecule has 2 aromatic carbocycles. The van der Waals surface area contributed by atoms with Crippen molar-refractivity contribution in [3.8, 4) is 5.75 Å². The van der Waals surface area contributed by atoms with Crippen LogP contribution in [-0.4, -0.2) is 11.9 Å². The van der Waals surface area contributed by atoms with Crippen LogP contribution in [0.4, 0.5) is 0 Å². The van der Waals surface area contributed by atoms with Gasteiger partial charge in [-0.15, -0.1) is 0 Å². The van der Waals surface area contributed by atoms with Gasteiger partial charge in [0.05, 0.1) is 0 Å². The van der Waals surface area contributed by atoms with Crippen molar-refractivity contribution in [3.63, 3.8) is 0 Å². The SMILES string of the molecule is CC=CC(Oc1ccccc1)C(=O)c1ccccc1. The number of benzene rings is 2. The molecule has 0 N–H and O–H groups in total. The monoisotopic (exact) mass is 252 g/mol. The fraction of sp³-hybridized carbons (Fsp3) is 0.118. The fourth-order valence-electron chi connectivity index (χ4n) is 1.77. The van der Waals surface area contributed by atoms with E-state index in [-0.39, 0.29) is 5.78 Å². The van der Waals surface area contributed by atoms with Gasteiger partial charge >= 0.3 is 0 Å². The van der Waals surface area contributed by atoms with E-state index >= 15 is 0 Å². The number of ether oxygens (including phenoxy) is 1. The minimum absolute atomic E-state index is 0.0393. The van der Waals surface area contributed by atoms with Crippen LogP contribution in [-0.2, 0) is 0 Å². The molecule has 0 saturated carbocycles. The molecule has 0 aromatic heterocycles. The summed E-state index contributed by atoms with van der Waals surface area (Å²) in [5.41, 5.74) is 0.654. The third-order valence-corrected chi connectivity index (χ3v) is 2.69. The molecule has 1 atom stereocenters. The van der Waals surface area contributed by atoms with Crippen LogP contribution in [0.5, 0.6) is 5.75 Å². The van der Waals surface area contributed by atoms with Gasteiger partial charge in [-0.3, -0.25) is 4.79 Å². The highest BCUT2D eigenvalue weighted by Crippen LogP contribution is 2.15. The molecule has 0 amide bonds. The molecule has 96 valence electrons. The lowest BCUT2D eigenvalue weighted by Crippen LogP contribution is -2.25. The second kappa shape index (κ2) is 6.55. The first-order valence-electron chi connectivity index (χ1n) is 6.25. The molecule has 0 saturated heterocycles. The van der Waals surface area contributed by atoms with E-state index in [2.05, 4.69) is 0 Å². The molecule has 2 nitrogen and oxygen atoms in total. The minimum Gasteiger partial charge on any atom is -0.478 e. The predicted molar refractivity (Wildman–Crippen MR) is 76.4 cm³/mol. The summed E-state index contributed by atoms with van der Waals surface area (Å²) in [5.74, 6) is 0.650. The first-order chi connectivity index (χ1) is 9.31. The minimum atomic E-state index is -0.588. The average Bonchev–Trinajstić information content (AvgIpc) is 2.48. The number of hydrogen-bond donors (Lipinski definition) is 0. The number of carbonyl (C=O) groups is 1. The van der Waals surface area contributed by atoms with Crippen LogP contribution in [0.2, 0.25) is 0 Å². The summed E-state index contributed by atoms with van der Waals surface area (Å²) in [7, 11) is 0. The molecule has 0 bridgehead atoms. The van der Waals surface area contributed by atoms with Crippen LogP contribution in [0.15, 0.2) is 72.8 Å². The maximum atomic E-state index is 12.4. The molecule has 0 aliphatic carbocycles. The molecule has 0 aliphatic heterocycles. The lowest BCUT2D eigenvalue weighted by Gasteiger charge is -2.14. The number of para-hydroxylation sites is 1. The molecule has 0 heterocycles. The number of hydrogen-bond acceptors (Lipinski definition) is 2. The van der Waals surface area contributed by atoms with Crippen LogP contribution in [0.3, 0.4) is 0 Å². The van der Waals surface area contributed by atoms with Crippen LogP contribution in [0, 0.1) is 0 Å². The van der Waals surface area contributed by atoms with Gasteiger partial charge in [-0.25, -0.2) is 0 Å². The van der Waals surface area contributed by atoms with Crippen LogP contribution < -0.4 is 4.74 Å². The number of allylic oxidation sites excluding steroid dienone is 1. The molecular formula is C17H16O2. The maximum Gasteiger partial charge on any atom is 0.207 e. The topological polar surface area (TPSA) is 26.3 Å². The second-order valence-corrected chi connectivity index (χ2v) is 4.11. The molecular weight excluding hydrogens is 236 g/mol. The molecule has 2 rings (SSSR count). The van der Waals surface area contributed by atoms with Crippen molar-refractivity contribution >= 4 is 5.78 Å². The van der Waals surface area contributed by atoms with Crippen molar-refractivity contribution in [2.24, 2.45) is 0 Å². The Kier molecular flexibility index (Phi) is 4.51. The Morgan fingerprint density at radius 3 is 2.16 bits per heavy atom. The van der Waals surface area contributed by atoms with Gasteiger partial charge in [0, 0.05) is 5.56 Å². The van der Waals surface area contributed by atoms with Crippen molar-refractivity contribution in [3.05, 3.63) is 78.4 Å². The van der Waals surface area contributed by atoms with E-state index < -0.39 is 6.10 Å². The van der Waals surface area contributed by atoms with Gasteiger partial charge in [-0.2, -0.15) is 0 Å². The average molecular weight is 252 g/mol. The Labute approximate surface area is 113 Å². The standard InChI is InChI=1S/C17H16O2/c1-2-9-16(19-15-12-7-4-8-13-15)17(18)14-10-5-3-6-11-14/h2-13,16H,1H3. The summed E-state index contributed by atoms with van der Waals surface area (Å²) in [6.45, 7) is 1.87. The van der Waals surface area contributed by atoms with Crippen LogP contribution in [0.1, 0.15) is 17.3 Å². The summed E-state index contributed by atoms with van der Waals surface area (Å²) in [6.07, 6.45) is 3.01. The molecule has 2 heteroatoms. The molecule has 19 heavy (non-hydrogen) atoms. The van der Waals surface area contributed by atoms with E-state index in [9.17, 15) is 4.79 Å². The van der Waals surface area contributed by atoms with Crippen molar-refractivity contribution in [1.82, 2.24) is 0 Å². The Bertz CT molecular complexity index is 544. The smallest absolute Gasteiger partial charge is 0.207 e. The summed E-state index contributed by atoms with van der Waals surface area (Å²) in [5, 5.41) is 0.